The van der Waals surface area contributed by atoms with Crippen LogP contribution in [0.4, 0.5) is 0 Å². The number of amides is 1. The molecule has 0 fully saturated rings. The molecule has 0 saturated carbocycles. The van der Waals surface area contributed by atoms with Crippen molar-refractivity contribution in [3.63, 3.8) is 0 Å². The highest BCUT2D eigenvalue weighted by molar-refractivity contribution is 5.76. The predicted octanol–water partition coefficient (Wildman–Crippen LogP) is 23.9. The molecule has 3 N–H and O–H groups in total. The number of esters is 1. The van der Waals surface area contributed by atoms with Gasteiger partial charge in [-0.3, -0.25) is 9.59 Å². The molecule has 80 heavy (non-hydrogen) atoms. The molecule has 0 heterocycles. The fraction of sp³-hybridized carbons (Fsp3) is 0.946. The van der Waals surface area contributed by atoms with Gasteiger partial charge in [0.25, 0.3) is 0 Å². The number of aliphatic hydroxyl groups is 2. The first-order valence-corrected chi connectivity index (χ1v) is 37.0. The van der Waals surface area contributed by atoms with Crippen LogP contribution in [-0.2, 0) is 14.3 Å². The first-order chi connectivity index (χ1) is 39.5. The van der Waals surface area contributed by atoms with E-state index in [1.54, 1.807) is 6.08 Å². The molecule has 2 atom stereocenters. The molecule has 0 aromatic heterocycles. The topological polar surface area (TPSA) is 95.9 Å². The Morgan fingerprint density at radius 3 is 0.850 bits per heavy atom. The van der Waals surface area contributed by atoms with Crippen LogP contribution < -0.4 is 5.32 Å². The lowest BCUT2D eigenvalue weighted by Gasteiger charge is -2.20. The Bertz CT molecular complexity index is 1210. The van der Waals surface area contributed by atoms with Gasteiger partial charge in [-0.05, 0) is 32.1 Å². The molecule has 1 amide bonds. The number of carbonyl (C=O) groups excluding carboxylic acids is 2. The number of hydrogen-bond acceptors (Lipinski definition) is 5. The van der Waals surface area contributed by atoms with Crippen molar-refractivity contribution < 1.29 is 24.5 Å². The minimum absolute atomic E-state index is 0.0248. The summed E-state index contributed by atoms with van der Waals surface area (Å²) in [5.41, 5.74) is 0. The molecule has 476 valence electrons. The van der Waals surface area contributed by atoms with Gasteiger partial charge in [0.1, 0.15) is 0 Å². The van der Waals surface area contributed by atoms with Crippen molar-refractivity contribution in [2.45, 2.75) is 437 Å². The van der Waals surface area contributed by atoms with Gasteiger partial charge >= 0.3 is 5.97 Å². The summed E-state index contributed by atoms with van der Waals surface area (Å²) in [6.45, 7) is 4.96. The average molecular weight is 1130 g/mol. The van der Waals surface area contributed by atoms with E-state index in [9.17, 15) is 19.8 Å². The minimum atomic E-state index is -0.841. The lowest BCUT2D eigenvalue weighted by atomic mass is 10.0. The normalized spacial score (nSPS) is 12.5. The largest absolute Gasteiger partial charge is 0.466 e. The van der Waals surface area contributed by atoms with Gasteiger partial charge < -0.3 is 20.3 Å². The van der Waals surface area contributed by atoms with Crippen LogP contribution in [0.1, 0.15) is 425 Å². The van der Waals surface area contributed by atoms with Crippen LogP contribution in [0.5, 0.6) is 0 Å². The summed E-state index contributed by atoms with van der Waals surface area (Å²) >= 11 is 0. The third-order valence-corrected chi connectivity index (χ3v) is 17.6. The quantitative estimate of drug-likeness (QED) is 0.0320. The van der Waals surface area contributed by atoms with E-state index in [0.717, 1.165) is 38.5 Å². The third-order valence-electron chi connectivity index (χ3n) is 17.6. The van der Waals surface area contributed by atoms with E-state index in [4.69, 9.17) is 4.74 Å². The van der Waals surface area contributed by atoms with Gasteiger partial charge in [-0.15, -0.1) is 0 Å². The summed E-state index contributed by atoms with van der Waals surface area (Å²) in [6.07, 6.45) is 87.4. The molecule has 0 aliphatic carbocycles. The highest BCUT2D eigenvalue weighted by Gasteiger charge is 2.18. The lowest BCUT2D eigenvalue weighted by molar-refractivity contribution is -0.143. The van der Waals surface area contributed by atoms with Crippen molar-refractivity contribution in [2.24, 2.45) is 0 Å². The number of unbranched alkanes of at least 4 members (excludes halogenated alkanes) is 59. The Labute approximate surface area is 501 Å². The van der Waals surface area contributed by atoms with E-state index in [1.807, 2.05) is 6.08 Å². The van der Waals surface area contributed by atoms with Crippen LogP contribution in [0.3, 0.4) is 0 Å². The predicted molar refractivity (Wildman–Crippen MR) is 352 cm³/mol. The summed E-state index contributed by atoms with van der Waals surface area (Å²) < 4.78 is 5.51. The molecule has 2 unspecified atom stereocenters. The Balaban J connectivity index is 3.32. The SMILES string of the molecule is CCCCCCCCCCCCCCCC/C=C/C(O)C(CO)NC(=O)CCCCCCCCCCCCCCCCCCCCCCCCCCCCCCCCOC(=O)CCCCCCCCCCCCCCCCCCC. The van der Waals surface area contributed by atoms with Crippen LogP contribution in [0.15, 0.2) is 12.2 Å². The number of allylic oxidation sites excluding steroid dienone is 1. The van der Waals surface area contributed by atoms with Gasteiger partial charge in [0.15, 0.2) is 0 Å². The standard InChI is InChI=1S/C74H145NO5/c1-3-5-7-9-11-13-15-17-19-35-40-44-48-52-56-60-64-68-74(79)80-69-65-61-57-53-49-45-41-37-34-32-30-28-26-24-22-21-23-25-27-29-31-33-36-39-43-47-51-55-59-63-67-73(78)75-71(70-76)72(77)66-62-58-54-50-46-42-38-20-18-16-14-12-10-8-6-4-2/h62,66,71-72,76-77H,3-61,63-65,67-70H2,1-2H3,(H,75,78)/b66-62+. The molecule has 0 rings (SSSR count). The molecule has 0 aliphatic rings. The molecular formula is C74H145NO5. The van der Waals surface area contributed by atoms with Gasteiger partial charge in [0.05, 0.1) is 25.4 Å². The van der Waals surface area contributed by atoms with Crippen molar-refractivity contribution in [1.29, 1.82) is 0 Å². The smallest absolute Gasteiger partial charge is 0.305 e. The second-order valence-corrected chi connectivity index (χ2v) is 25.6. The van der Waals surface area contributed by atoms with E-state index in [0.29, 0.717) is 19.4 Å². The number of carbonyl (C=O) groups is 2. The van der Waals surface area contributed by atoms with E-state index in [-0.39, 0.29) is 18.5 Å². The minimum Gasteiger partial charge on any atom is -0.466 e. The second kappa shape index (κ2) is 70.1. The number of ether oxygens (including phenoxy) is 1. The van der Waals surface area contributed by atoms with Crippen LogP contribution in [-0.4, -0.2) is 47.4 Å². The van der Waals surface area contributed by atoms with Crippen LogP contribution in [0, 0.1) is 0 Å². The molecule has 0 radical (unpaired) electrons. The van der Waals surface area contributed by atoms with Gasteiger partial charge in [-0.1, -0.05) is 392 Å². The Morgan fingerprint density at radius 2 is 0.575 bits per heavy atom. The molecule has 0 aromatic carbocycles. The van der Waals surface area contributed by atoms with Crippen molar-refractivity contribution in [3.05, 3.63) is 12.2 Å². The zero-order chi connectivity index (χ0) is 57.8. The highest BCUT2D eigenvalue weighted by Crippen LogP contribution is 2.20. The summed E-state index contributed by atoms with van der Waals surface area (Å²) in [5, 5.41) is 23.2. The van der Waals surface area contributed by atoms with Crippen LogP contribution >= 0.6 is 0 Å². The summed E-state index contributed by atoms with van der Waals surface area (Å²) in [4.78, 5) is 24.6. The highest BCUT2D eigenvalue weighted by atomic mass is 16.5. The van der Waals surface area contributed by atoms with Gasteiger partial charge in [0, 0.05) is 12.8 Å². The van der Waals surface area contributed by atoms with Crippen molar-refractivity contribution in [3.8, 4) is 0 Å². The van der Waals surface area contributed by atoms with Crippen molar-refractivity contribution in [2.75, 3.05) is 13.2 Å². The molecule has 6 heteroatoms. The third kappa shape index (κ3) is 65.7. The first-order valence-electron chi connectivity index (χ1n) is 37.0. The Morgan fingerprint density at radius 1 is 0.338 bits per heavy atom. The number of rotatable bonds is 70. The van der Waals surface area contributed by atoms with Crippen molar-refractivity contribution >= 4 is 11.9 Å². The number of aliphatic hydroxyl groups excluding tert-OH is 2. The van der Waals surface area contributed by atoms with E-state index in [1.165, 1.54) is 360 Å². The molecule has 0 bridgehead atoms. The van der Waals surface area contributed by atoms with Gasteiger partial charge in [-0.2, -0.15) is 0 Å². The maximum Gasteiger partial charge on any atom is 0.305 e. The average Bonchev–Trinajstić information content (AvgIpc) is 3.46. The second-order valence-electron chi connectivity index (χ2n) is 25.6. The fourth-order valence-electron chi connectivity index (χ4n) is 11.9. The van der Waals surface area contributed by atoms with Gasteiger partial charge in [0.2, 0.25) is 5.91 Å². The zero-order valence-electron chi connectivity index (χ0n) is 54.6. The van der Waals surface area contributed by atoms with E-state index in [2.05, 4.69) is 19.2 Å². The summed E-state index contributed by atoms with van der Waals surface area (Å²) in [6, 6.07) is -0.624. The molecule has 6 nitrogen and oxygen atoms in total. The molecule has 0 spiro atoms. The number of nitrogens with one attached hydrogen (secondary N) is 1. The monoisotopic (exact) mass is 1130 g/mol. The summed E-state index contributed by atoms with van der Waals surface area (Å²) in [7, 11) is 0. The first kappa shape index (κ1) is 78.6. The van der Waals surface area contributed by atoms with Gasteiger partial charge in [-0.25, -0.2) is 0 Å². The van der Waals surface area contributed by atoms with Crippen LogP contribution in [0.25, 0.3) is 0 Å². The maximum absolute atomic E-state index is 12.5. The zero-order valence-corrected chi connectivity index (χ0v) is 54.6. The lowest BCUT2D eigenvalue weighted by Crippen LogP contribution is -2.45. The van der Waals surface area contributed by atoms with Crippen molar-refractivity contribution in [1.82, 2.24) is 5.32 Å². The number of hydrogen-bond donors (Lipinski definition) is 3. The van der Waals surface area contributed by atoms with E-state index < -0.39 is 12.1 Å². The van der Waals surface area contributed by atoms with E-state index >= 15 is 0 Å². The summed E-state index contributed by atoms with van der Waals surface area (Å²) in [5.74, 6) is -0.0357. The Hall–Kier alpha value is -1.40. The maximum atomic E-state index is 12.5. The molecule has 0 aromatic rings. The molecular weight excluding hydrogens is 983 g/mol. The fourth-order valence-corrected chi connectivity index (χ4v) is 11.9. The molecule has 0 saturated heterocycles. The Kier molecular flexibility index (Phi) is 68.9. The van der Waals surface area contributed by atoms with Crippen LogP contribution in [0.2, 0.25) is 0 Å². The molecule has 0 aliphatic heterocycles.